The van der Waals surface area contributed by atoms with E-state index < -0.39 is 0 Å². The minimum atomic E-state index is -0.353. The second kappa shape index (κ2) is 6.05. The molecule has 0 aromatic heterocycles. The summed E-state index contributed by atoms with van der Waals surface area (Å²) in [5.41, 5.74) is 2.03. The molecule has 0 bridgehead atoms. The number of hydrogen-bond acceptors (Lipinski definition) is 4. The number of esters is 1. The van der Waals surface area contributed by atoms with Crippen LogP contribution < -0.4 is 4.90 Å². The smallest absolute Gasteiger partial charge is 0.311 e. The van der Waals surface area contributed by atoms with Crippen LogP contribution in [-0.4, -0.2) is 44.5 Å². The Morgan fingerprint density at radius 2 is 2.00 bits per heavy atom. The summed E-state index contributed by atoms with van der Waals surface area (Å²) in [6.45, 7) is 1.26. The van der Waals surface area contributed by atoms with Crippen LogP contribution in [0.4, 0.5) is 5.69 Å². The highest BCUT2D eigenvalue weighted by molar-refractivity contribution is 5.99. The van der Waals surface area contributed by atoms with Crippen LogP contribution in [0.1, 0.15) is 12.0 Å². The molecule has 1 aliphatic heterocycles. The summed E-state index contributed by atoms with van der Waals surface area (Å²) in [7, 11) is 5.38. The van der Waals surface area contributed by atoms with Crippen molar-refractivity contribution in [2.45, 2.75) is 13.0 Å². The van der Waals surface area contributed by atoms with Gasteiger partial charge in [-0.15, -0.1) is 0 Å². The maximum Gasteiger partial charge on any atom is 0.311 e. The van der Waals surface area contributed by atoms with E-state index in [0.29, 0.717) is 6.54 Å². The predicted octanol–water partition coefficient (Wildman–Crippen LogP) is 1.27. The Morgan fingerprint density at radius 1 is 1.35 bits per heavy atom. The predicted molar refractivity (Wildman–Crippen MR) is 76.3 cm³/mol. The van der Waals surface area contributed by atoms with E-state index in [9.17, 15) is 9.59 Å². The first kappa shape index (κ1) is 14.5. The fraction of sp³-hybridized carbons (Fsp3) is 0.467. The monoisotopic (exact) mass is 276 g/mol. The van der Waals surface area contributed by atoms with Gasteiger partial charge in [0.2, 0.25) is 5.91 Å². The van der Waals surface area contributed by atoms with E-state index in [2.05, 4.69) is 4.90 Å². The molecule has 1 fully saturated rings. The van der Waals surface area contributed by atoms with Crippen molar-refractivity contribution in [2.75, 3.05) is 32.6 Å². The minimum Gasteiger partial charge on any atom is -0.469 e. The summed E-state index contributed by atoms with van der Waals surface area (Å²) in [5, 5.41) is 0. The molecule has 1 aromatic rings. The van der Waals surface area contributed by atoms with Gasteiger partial charge in [-0.3, -0.25) is 9.59 Å². The number of carbonyl (C=O) groups excluding carboxylic acids is 2. The van der Waals surface area contributed by atoms with Gasteiger partial charge >= 0.3 is 5.97 Å². The SMILES string of the molecule is COC(=O)C1CC(=O)N(c2ccc(CN(C)C)cc2)C1. The molecular formula is C15H20N2O3. The van der Waals surface area contributed by atoms with Crippen LogP contribution in [0.25, 0.3) is 0 Å². The fourth-order valence-electron chi connectivity index (χ4n) is 2.43. The minimum absolute atomic E-state index is 0.0271. The molecular weight excluding hydrogens is 256 g/mol. The molecule has 2 rings (SSSR count). The maximum absolute atomic E-state index is 12.0. The van der Waals surface area contributed by atoms with Gasteiger partial charge in [-0.2, -0.15) is 0 Å². The largest absolute Gasteiger partial charge is 0.469 e. The average Bonchev–Trinajstić information content (AvgIpc) is 2.80. The molecule has 1 saturated heterocycles. The first-order valence-corrected chi connectivity index (χ1v) is 6.63. The summed E-state index contributed by atoms with van der Waals surface area (Å²) in [5.74, 6) is -0.695. The maximum atomic E-state index is 12.0. The van der Waals surface area contributed by atoms with Crippen LogP contribution in [0.15, 0.2) is 24.3 Å². The second-order valence-electron chi connectivity index (χ2n) is 5.33. The summed E-state index contributed by atoms with van der Waals surface area (Å²) in [6.07, 6.45) is 0.228. The number of rotatable bonds is 4. The highest BCUT2D eigenvalue weighted by Crippen LogP contribution is 2.26. The lowest BCUT2D eigenvalue weighted by atomic mass is 10.1. The van der Waals surface area contributed by atoms with E-state index in [1.807, 2.05) is 38.4 Å². The van der Waals surface area contributed by atoms with E-state index >= 15 is 0 Å². The number of methoxy groups -OCH3 is 1. The van der Waals surface area contributed by atoms with Gasteiger partial charge < -0.3 is 14.5 Å². The summed E-state index contributed by atoms with van der Waals surface area (Å²) >= 11 is 0. The van der Waals surface area contributed by atoms with Gasteiger partial charge in [0.05, 0.1) is 13.0 Å². The molecule has 1 aliphatic rings. The van der Waals surface area contributed by atoms with E-state index in [0.717, 1.165) is 12.2 Å². The number of benzene rings is 1. The van der Waals surface area contributed by atoms with Gasteiger partial charge in [-0.1, -0.05) is 12.1 Å². The average molecular weight is 276 g/mol. The summed E-state index contributed by atoms with van der Waals surface area (Å²) in [4.78, 5) is 27.2. The van der Waals surface area contributed by atoms with Gasteiger partial charge in [0.25, 0.3) is 0 Å². The van der Waals surface area contributed by atoms with Crippen molar-refractivity contribution in [3.8, 4) is 0 Å². The Morgan fingerprint density at radius 3 is 2.55 bits per heavy atom. The van der Waals surface area contributed by atoms with Crippen molar-refractivity contribution < 1.29 is 14.3 Å². The molecule has 0 N–H and O–H groups in total. The molecule has 20 heavy (non-hydrogen) atoms. The van der Waals surface area contributed by atoms with Gasteiger partial charge in [-0.05, 0) is 31.8 Å². The lowest BCUT2D eigenvalue weighted by Gasteiger charge is -2.17. The standard InChI is InChI=1S/C15H20N2O3/c1-16(2)9-11-4-6-13(7-5-11)17-10-12(8-14(17)18)15(19)20-3/h4-7,12H,8-10H2,1-3H3. The van der Waals surface area contributed by atoms with E-state index in [1.165, 1.54) is 12.7 Å². The van der Waals surface area contributed by atoms with Crippen LogP contribution in [0, 0.1) is 5.92 Å². The normalized spacial score (nSPS) is 18.7. The Balaban J connectivity index is 2.08. The molecule has 0 radical (unpaired) electrons. The van der Waals surface area contributed by atoms with Crippen molar-refractivity contribution >= 4 is 17.6 Å². The van der Waals surface area contributed by atoms with Crippen molar-refractivity contribution in [1.29, 1.82) is 0 Å². The fourth-order valence-corrected chi connectivity index (χ4v) is 2.43. The molecule has 1 amide bonds. The zero-order chi connectivity index (χ0) is 14.7. The Labute approximate surface area is 119 Å². The topological polar surface area (TPSA) is 49.9 Å². The van der Waals surface area contributed by atoms with Crippen molar-refractivity contribution in [2.24, 2.45) is 5.92 Å². The molecule has 0 aliphatic carbocycles. The number of anilines is 1. The third-order valence-corrected chi connectivity index (χ3v) is 3.41. The molecule has 1 unspecified atom stereocenters. The number of amides is 1. The lowest BCUT2D eigenvalue weighted by molar-refractivity contribution is -0.145. The zero-order valence-corrected chi connectivity index (χ0v) is 12.1. The number of nitrogens with zero attached hydrogens (tertiary/aromatic N) is 2. The number of ether oxygens (including phenoxy) is 1. The summed E-state index contributed by atoms with van der Waals surface area (Å²) < 4.78 is 4.71. The van der Waals surface area contributed by atoms with Crippen LogP contribution in [0.3, 0.4) is 0 Å². The van der Waals surface area contributed by atoms with Crippen molar-refractivity contribution in [3.63, 3.8) is 0 Å². The first-order valence-electron chi connectivity index (χ1n) is 6.63. The molecule has 108 valence electrons. The lowest BCUT2D eigenvalue weighted by Crippen LogP contribution is -2.26. The molecule has 1 aromatic carbocycles. The van der Waals surface area contributed by atoms with Gasteiger partial charge in [0, 0.05) is 25.2 Å². The third kappa shape index (κ3) is 3.17. The quantitative estimate of drug-likeness (QED) is 0.777. The highest BCUT2D eigenvalue weighted by Gasteiger charge is 2.35. The van der Waals surface area contributed by atoms with Crippen LogP contribution >= 0.6 is 0 Å². The second-order valence-corrected chi connectivity index (χ2v) is 5.33. The Bertz CT molecular complexity index is 496. The molecule has 1 heterocycles. The Hall–Kier alpha value is -1.88. The van der Waals surface area contributed by atoms with Crippen LogP contribution in [0.2, 0.25) is 0 Å². The van der Waals surface area contributed by atoms with Crippen LogP contribution in [0.5, 0.6) is 0 Å². The molecule has 0 saturated carbocycles. The van der Waals surface area contributed by atoms with Gasteiger partial charge in [0.1, 0.15) is 0 Å². The highest BCUT2D eigenvalue weighted by atomic mass is 16.5. The molecule has 5 heteroatoms. The molecule has 5 nitrogen and oxygen atoms in total. The van der Waals surface area contributed by atoms with Gasteiger partial charge in [-0.25, -0.2) is 0 Å². The first-order chi connectivity index (χ1) is 9.51. The number of hydrogen-bond donors (Lipinski definition) is 0. The Kier molecular flexibility index (Phi) is 4.39. The number of carbonyl (C=O) groups is 2. The summed E-state index contributed by atoms with van der Waals surface area (Å²) in [6, 6.07) is 7.87. The van der Waals surface area contributed by atoms with Crippen molar-refractivity contribution in [3.05, 3.63) is 29.8 Å². The molecule has 1 atom stereocenters. The molecule has 0 spiro atoms. The third-order valence-electron chi connectivity index (χ3n) is 3.41. The van der Waals surface area contributed by atoms with Crippen molar-refractivity contribution in [1.82, 2.24) is 4.90 Å². The van der Waals surface area contributed by atoms with E-state index in [4.69, 9.17) is 4.74 Å². The van der Waals surface area contributed by atoms with Gasteiger partial charge in [0.15, 0.2) is 0 Å². The van der Waals surface area contributed by atoms with E-state index in [-0.39, 0.29) is 24.2 Å². The van der Waals surface area contributed by atoms with E-state index in [1.54, 1.807) is 4.90 Å². The van der Waals surface area contributed by atoms with Crippen LogP contribution in [-0.2, 0) is 20.9 Å². The zero-order valence-electron chi connectivity index (χ0n) is 12.1.